The van der Waals surface area contributed by atoms with E-state index in [4.69, 9.17) is 18.9 Å². The van der Waals surface area contributed by atoms with Crippen LogP contribution in [0, 0.1) is 0 Å². The van der Waals surface area contributed by atoms with Gasteiger partial charge in [-0.05, 0) is 42.8 Å². The number of esters is 1. The van der Waals surface area contributed by atoms with E-state index in [-0.39, 0.29) is 19.3 Å². The van der Waals surface area contributed by atoms with Gasteiger partial charge in [0.15, 0.2) is 18.1 Å². The van der Waals surface area contributed by atoms with Crippen molar-refractivity contribution in [1.29, 1.82) is 0 Å². The molecule has 0 saturated carbocycles. The summed E-state index contributed by atoms with van der Waals surface area (Å²) in [6.45, 7) is 2.44. The largest absolute Gasteiger partial charge is 0.484 e. The fraction of sp³-hybridized carbons (Fsp3) is 0.263. The van der Waals surface area contributed by atoms with E-state index in [0.717, 1.165) is 5.56 Å². The Morgan fingerprint density at radius 1 is 1.12 bits per heavy atom. The van der Waals surface area contributed by atoms with Crippen molar-refractivity contribution >= 4 is 11.9 Å². The van der Waals surface area contributed by atoms with Crippen molar-refractivity contribution in [2.45, 2.75) is 13.5 Å². The van der Waals surface area contributed by atoms with Crippen molar-refractivity contribution in [2.75, 3.05) is 20.0 Å². The van der Waals surface area contributed by atoms with Gasteiger partial charge in [-0.25, -0.2) is 4.79 Å². The molecule has 26 heavy (non-hydrogen) atoms. The standard InChI is InChI=1S/C19H19NO6/c1-2-23-19(22)14-4-3-5-15(9-14)24-11-18(21)20-10-13-6-7-16-17(8-13)26-12-25-16/h3-9H,2,10-12H2,1H3,(H,20,21). The Balaban J connectivity index is 1.48. The number of carbonyl (C=O) groups is 2. The first-order valence-corrected chi connectivity index (χ1v) is 8.21. The van der Waals surface area contributed by atoms with Crippen LogP contribution in [0.1, 0.15) is 22.8 Å². The third-order valence-corrected chi connectivity index (χ3v) is 3.64. The molecule has 7 nitrogen and oxygen atoms in total. The van der Waals surface area contributed by atoms with Gasteiger partial charge in [0, 0.05) is 6.54 Å². The number of ether oxygens (including phenoxy) is 4. The Labute approximate surface area is 150 Å². The monoisotopic (exact) mass is 357 g/mol. The summed E-state index contributed by atoms with van der Waals surface area (Å²) in [5.74, 6) is 1.09. The highest BCUT2D eigenvalue weighted by molar-refractivity contribution is 5.89. The lowest BCUT2D eigenvalue weighted by Crippen LogP contribution is -2.28. The van der Waals surface area contributed by atoms with Crippen LogP contribution in [0.4, 0.5) is 0 Å². The predicted molar refractivity (Wildman–Crippen MR) is 92.3 cm³/mol. The van der Waals surface area contributed by atoms with Crippen molar-refractivity contribution < 1.29 is 28.5 Å². The molecule has 0 fully saturated rings. The van der Waals surface area contributed by atoms with Crippen LogP contribution in [-0.2, 0) is 16.1 Å². The Morgan fingerprint density at radius 3 is 2.81 bits per heavy atom. The first-order valence-electron chi connectivity index (χ1n) is 8.21. The Bertz CT molecular complexity index is 804. The van der Waals surface area contributed by atoms with Crippen LogP contribution in [0.25, 0.3) is 0 Å². The zero-order valence-corrected chi connectivity index (χ0v) is 14.3. The van der Waals surface area contributed by atoms with Crippen LogP contribution in [0.3, 0.4) is 0 Å². The van der Waals surface area contributed by atoms with Crippen LogP contribution in [-0.4, -0.2) is 31.9 Å². The molecule has 1 aliphatic rings. The average Bonchev–Trinajstić information content (AvgIpc) is 3.13. The quantitative estimate of drug-likeness (QED) is 0.766. The van der Waals surface area contributed by atoms with Gasteiger partial charge >= 0.3 is 5.97 Å². The minimum atomic E-state index is -0.426. The number of hydrogen-bond acceptors (Lipinski definition) is 6. The highest BCUT2D eigenvalue weighted by atomic mass is 16.7. The number of nitrogens with one attached hydrogen (secondary N) is 1. The maximum Gasteiger partial charge on any atom is 0.338 e. The Kier molecular flexibility index (Phi) is 5.58. The summed E-state index contributed by atoms with van der Waals surface area (Å²) in [7, 11) is 0. The van der Waals surface area contributed by atoms with E-state index >= 15 is 0 Å². The molecule has 0 atom stereocenters. The van der Waals surface area contributed by atoms with Crippen molar-refractivity contribution in [1.82, 2.24) is 5.32 Å². The van der Waals surface area contributed by atoms with E-state index in [1.807, 2.05) is 12.1 Å². The third kappa shape index (κ3) is 4.44. The van der Waals surface area contributed by atoms with Gasteiger partial charge in [0.2, 0.25) is 6.79 Å². The van der Waals surface area contributed by atoms with E-state index in [9.17, 15) is 9.59 Å². The van der Waals surface area contributed by atoms with Gasteiger partial charge in [-0.15, -0.1) is 0 Å². The fourth-order valence-corrected chi connectivity index (χ4v) is 2.38. The number of carbonyl (C=O) groups excluding carboxylic acids is 2. The summed E-state index contributed by atoms with van der Waals surface area (Å²) in [5, 5.41) is 2.77. The molecule has 0 radical (unpaired) electrons. The Morgan fingerprint density at radius 2 is 1.96 bits per heavy atom. The van der Waals surface area contributed by atoms with Gasteiger partial charge in [-0.3, -0.25) is 4.79 Å². The summed E-state index contributed by atoms with van der Waals surface area (Å²) in [4.78, 5) is 23.7. The lowest BCUT2D eigenvalue weighted by molar-refractivity contribution is -0.123. The third-order valence-electron chi connectivity index (χ3n) is 3.64. The zero-order valence-electron chi connectivity index (χ0n) is 14.3. The number of rotatable bonds is 7. The molecular weight excluding hydrogens is 338 g/mol. The van der Waals surface area contributed by atoms with Crippen molar-refractivity contribution in [3.05, 3.63) is 53.6 Å². The van der Waals surface area contributed by atoms with Crippen LogP contribution >= 0.6 is 0 Å². The molecule has 0 unspecified atom stereocenters. The maximum atomic E-state index is 12.0. The molecule has 0 bridgehead atoms. The van der Waals surface area contributed by atoms with Crippen LogP contribution in [0.15, 0.2) is 42.5 Å². The minimum Gasteiger partial charge on any atom is -0.484 e. The second-order valence-corrected chi connectivity index (χ2v) is 5.50. The smallest absolute Gasteiger partial charge is 0.338 e. The molecule has 2 aromatic rings. The van der Waals surface area contributed by atoms with Crippen molar-refractivity contribution in [2.24, 2.45) is 0 Å². The Hall–Kier alpha value is -3.22. The molecule has 2 aromatic carbocycles. The van der Waals surface area contributed by atoms with E-state index in [0.29, 0.717) is 36.0 Å². The van der Waals surface area contributed by atoms with Gasteiger partial charge in [0.05, 0.1) is 12.2 Å². The highest BCUT2D eigenvalue weighted by Gasteiger charge is 2.13. The second kappa shape index (κ2) is 8.24. The normalized spacial score (nSPS) is 11.7. The summed E-state index contributed by atoms with van der Waals surface area (Å²) in [6, 6.07) is 12.0. The molecule has 1 aliphatic heterocycles. The molecule has 0 aliphatic carbocycles. The second-order valence-electron chi connectivity index (χ2n) is 5.50. The lowest BCUT2D eigenvalue weighted by atomic mass is 10.2. The summed E-state index contributed by atoms with van der Waals surface area (Å²) in [6.07, 6.45) is 0. The van der Waals surface area contributed by atoms with Crippen molar-refractivity contribution in [3.63, 3.8) is 0 Å². The van der Waals surface area contributed by atoms with Crippen molar-refractivity contribution in [3.8, 4) is 17.2 Å². The molecule has 0 spiro atoms. The first kappa shape index (κ1) is 17.6. The van der Waals surface area contributed by atoms with Gasteiger partial charge in [0.25, 0.3) is 5.91 Å². The summed E-state index contributed by atoms with van der Waals surface area (Å²) >= 11 is 0. The van der Waals surface area contributed by atoms with E-state index < -0.39 is 5.97 Å². The number of benzene rings is 2. The van der Waals surface area contributed by atoms with Crippen LogP contribution < -0.4 is 19.5 Å². The highest BCUT2D eigenvalue weighted by Crippen LogP contribution is 2.32. The molecule has 3 rings (SSSR count). The van der Waals surface area contributed by atoms with Crippen LogP contribution in [0.2, 0.25) is 0 Å². The maximum absolute atomic E-state index is 12.0. The molecule has 136 valence electrons. The van der Waals surface area contributed by atoms with Gasteiger partial charge < -0.3 is 24.3 Å². The van der Waals surface area contributed by atoms with E-state index in [1.54, 1.807) is 37.3 Å². The summed E-state index contributed by atoms with van der Waals surface area (Å²) < 4.78 is 20.9. The lowest BCUT2D eigenvalue weighted by Gasteiger charge is -2.09. The topological polar surface area (TPSA) is 83.1 Å². The van der Waals surface area contributed by atoms with Crippen LogP contribution in [0.5, 0.6) is 17.2 Å². The molecule has 1 amide bonds. The molecular formula is C19H19NO6. The zero-order chi connectivity index (χ0) is 18.4. The first-order chi connectivity index (χ1) is 12.7. The van der Waals surface area contributed by atoms with Gasteiger partial charge in [-0.2, -0.15) is 0 Å². The minimum absolute atomic E-state index is 0.156. The summed E-state index contributed by atoms with van der Waals surface area (Å²) in [5.41, 5.74) is 1.28. The fourth-order valence-electron chi connectivity index (χ4n) is 2.38. The van der Waals surface area contributed by atoms with E-state index in [2.05, 4.69) is 5.32 Å². The number of amides is 1. The SMILES string of the molecule is CCOC(=O)c1cccc(OCC(=O)NCc2ccc3c(c2)OCO3)c1. The molecule has 7 heteroatoms. The van der Waals surface area contributed by atoms with Gasteiger partial charge in [0.1, 0.15) is 5.75 Å². The predicted octanol–water partition coefficient (Wildman–Crippen LogP) is 2.29. The molecule has 0 aromatic heterocycles. The number of hydrogen-bond donors (Lipinski definition) is 1. The molecule has 1 heterocycles. The number of fused-ring (bicyclic) bond motifs is 1. The van der Waals surface area contributed by atoms with Gasteiger partial charge in [-0.1, -0.05) is 12.1 Å². The molecule has 0 saturated heterocycles. The molecule has 1 N–H and O–H groups in total. The average molecular weight is 357 g/mol. The van der Waals surface area contributed by atoms with E-state index in [1.165, 1.54) is 0 Å².